The van der Waals surface area contributed by atoms with Crippen LogP contribution in [-0.2, 0) is 6.18 Å². The number of rotatable bonds is 5. The van der Waals surface area contributed by atoms with E-state index in [1.807, 2.05) is 0 Å². The Morgan fingerprint density at radius 2 is 1.81 bits per heavy atom. The maximum absolute atomic E-state index is 13.4. The first-order valence-corrected chi connectivity index (χ1v) is 11.9. The van der Waals surface area contributed by atoms with Crippen LogP contribution in [0.3, 0.4) is 0 Å². The molecule has 0 spiro atoms. The first-order valence-electron chi connectivity index (χ1n) is 11.5. The summed E-state index contributed by atoms with van der Waals surface area (Å²) in [6, 6.07) is 12.5. The first kappa shape index (κ1) is 24.2. The summed E-state index contributed by atoms with van der Waals surface area (Å²) >= 11 is 6.09. The molecule has 2 N–H and O–H groups in total. The highest BCUT2D eigenvalue weighted by atomic mass is 35.5. The van der Waals surface area contributed by atoms with Gasteiger partial charge in [0.2, 0.25) is 0 Å². The summed E-state index contributed by atoms with van der Waals surface area (Å²) < 4.78 is 51.1. The molecule has 0 aliphatic heterocycles. The molecular weight excluding hydrogens is 495 g/mol. The van der Waals surface area contributed by atoms with E-state index < -0.39 is 11.9 Å². The lowest BCUT2D eigenvalue weighted by atomic mass is 9.90. The number of nitrogens with one attached hydrogen (secondary N) is 2. The summed E-state index contributed by atoms with van der Waals surface area (Å²) in [6.45, 7) is 0. The molecule has 2 aromatic heterocycles. The number of benzene rings is 2. The molecule has 0 unspecified atom stereocenters. The number of nitrogens with zero attached hydrogens (tertiary/aromatic N) is 1. The fraction of sp³-hybridized carbons (Fsp3) is 0.308. The zero-order chi connectivity index (χ0) is 25.4. The second-order valence-corrected chi connectivity index (χ2v) is 9.33. The maximum atomic E-state index is 13.4. The maximum Gasteiger partial charge on any atom is 0.433 e. The number of carbonyl (C=O) groups is 1. The van der Waals surface area contributed by atoms with Crippen molar-refractivity contribution in [2.45, 2.75) is 43.9 Å². The Hall–Kier alpha value is -3.46. The van der Waals surface area contributed by atoms with Crippen LogP contribution in [0.2, 0.25) is 5.02 Å². The van der Waals surface area contributed by atoms with Gasteiger partial charge in [-0.1, -0.05) is 11.6 Å². The van der Waals surface area contributed by atoms with E-state index in [1.165, 1.54) is 12.1 Å². The average Bonchev–Trinajstić information content (AvgIpc) is 3.28. The number of hydrogen-bond donors (Lipinski definition) is 2. The van der Waals surface area contributed by atoms with Crippen LogP contribution < -0.4 is 15.4 Å². The number of amides is 1. The summed E-state index contributed by atoms with van der Waals surface area (Å²) in [5.41, 5.74) is 0.210. The van der Waals surface area contributed by atoms with E-state index >= 15 is 0 Å². The molecule has 0 atom stereocenters. The average molecular weight is 518 g/mol. The number of methoxy groups -OCH3 is 1. The van der Waals surface area contributed by atoms with Gasteiger partial charge >= 0.3 is 6.18 Å². The van der Waals surface area contributed by atoms with Crippen molar-refractivity contribution in [1.82, 2.24) is 10.3 Å². The molecule has 1 fully saturated rings. The van der Waals surface area contributed by atoms with Crippen LogP contribution in [-0.4, -0.2) is 30.1 Å². The van der Waals surface area contributed by atoms with Gasteiger partial charge < -0.3 is 19.8 Å². The molecule has 1 aliphatic carbocycles. The lowest BCUT2D eigenvalue weighted by Crippen LogP contribution is -2.40. The molecule has 188 valence electrons. The van der Waals surface area contributed by atoms with Crippen LogP contribution in [0.25, 0.3) is 21.9 Å². The predicted octanol–water partition coefficient (Wildman–Crippen LogP) is 6.81. The Balaban J connectivity index is 1.25. The molecule has 0 bridgehead atoms. The van der Waals surface area contributed by atoms with E-state index in [0.29, 0.717) is 53.1 Å². The number of ether oxygens (including phenoxy) is 1. The molecule has 5 rings (SSSR count). The van der Waals surface area contributed by atoms with E-state index in [0.717, 1.165) is 11.5 Å². The highest BCUT2D eigenvalue weighted by molar-refractivity contribution is 6.31. The Kier molecular flexibility index (Phi) is 6.42. The van der Waals surface area contributed by atoms with Gasteiger partial charge in [-0.3, -0.25) is 4.79 Å². The predicted molar refractivity (Wildman–Crippen MR) is 132 cm³/mol. The van der Waals surface area contributed by atoms with Crippen molar-refractivity contribution in [3.63, 3.8) is 0 Å². The Labute approximate surface area is 209 Å². The fourth-order valence-electron chi connectivity index (χ4n) is 4.58. The van der Waals surface area contributed by atoms with Gasteiger partial charge in [-0.05, 0) is 74.2 Å². The number of halogens is 4. The molecule has 1 aliphatic rings. The fourth-order valence-corrected chi connectivity index (χ4v) is 4.75. The number of hydrogen-bond acceptors (Lipinski definition) is 5. The molecule has 2 heterocycles. The molecule has 4 aromatic rings. The molecule has 0 saturated heterocycles. The van der Waals surface area contributed by atoms with Crippen molar-refractivity contribution < 1.29 is 27.1 Å². The highest BCUT2D eigenvalue weighted by Gasteiger charge is 2.34. The number of alkyl halides is 3. The molecule has 36 heavy (non-hydrogen) atoms. The van der Waals surface area contributed by atoms with Gasteiger partial charge in [0.05, 0.1) is 12.6 Å². The molecule has 1 amide bonds. The van der Waals surface area contributed by atoms with Crippen molar-refractivity contribution in [1.29, 1.82) is 0 Å². The molecule has 6 nitrogen and oxygen atoms in total. The third-order valence-electron chi connectivity index (χ3n) is 6.43. The Morgan fingerprint density at radius 3 is 2.53 bits per heavy atom. The van der Waals surface area contributed by atoms with Gasteiger partial charge in [0, 0.05) is 33.6 Å². The van der Waals surface area contributed by atoms with Gasteiger partial charge in [0.15, 0.2) is 5.76 Å². The summed E-state index contributed by atoms with van der Waals surface area (Å²) in [4.78, 5) is 16.5. The Bertz CT molecular complexity index is 1430. The van der Waals surface area contributed by atoms with Gasteiger partial charge in [-0.2, -0.15) is 13.2 Å². The summed E-state index contributed by atoms with van der Waals surface area (Å²) in [7, 11) is 1.57. The van der Waals surface area contributed by atoms with Gasteiger partial charge in [0.1, 0.15) is 17.0 Å². The summed E-state index contributed by atoms with van der Waals surface area (Å²) in [6.07, 6.45) is -1.86. The number of furan rings is 1. The first-order chi connectivity index (χ1) is 17.2. The summed E-state index contributed by atoms with van der Waals surface area (Å²) in [5, 5.41) is 7.99. The third kappa shape index (κ3) is 5.06. The second kappa shape index (κ2) is 9.54. The van der Waals surface area contributed by atoms with E-state index in [1.54, 1.807) is 37.4 Å². The molecule has 10 heteroatoms. The number of pyridine rings is 1. The monoisotopic (exact) mass is 517 g/mol. The van der Waals surface area contributed by atoms with Crippen LogP contribution in [0.15, 0.2) is 52.9 Å². The molecular formula is C26H23ClF3N3O3. The SMILES string of the molecule is COc1ccc2oc(C(=O)N[C@H]3CC[C@@H](Nc4cc(C(F)(F)F)nc5ccc(Cl)cc45)CC3)cc2c1. The zero-order valence-corrected chi connectivity index (χ0v) is 20.0. The van der Waals surface area contributed by atoms with Crippen molar-refractivity contribution in [3.8, 4) is 5.75 Å². The lowest BCUT2D eigenvalue weighted by molar-refractivity contribution is -0.140. The summed E-state index contributed by atoms with van der Waals surface area (Å²) in [5.74, 6) is 0.595. The third-order valence-corrected chi connectivity index (χ3v) is 6.67. The molecule has 2 aromatic carbocycles. The van der Waals surface area contributed by atoms with Gasteiger partial charge in [0.25, 0.3) is 5.91 Å². The molecule has 0 radical (unpaired) electrons. The van der Waals surface area contributed by atoms with Crippen molar-refractivity contribution >= 4 is 45.1 Å². The smallest absolute Gasteiger partial charge is 0.433 e. The zero-order valence-electron chi connectivity index (χ0n) is 19.3. The highest BCUT2D eigenvalue weighted by Crippen LogP contribution is 2.35. The number of anilines is 1. The number of fused-ring (bicyclic) bond motifs is 2. The minimum absolute atomic E-state index is 0.0533. The topological polar surface area (TPSA) is 76.4 Å². The standard InChI is InChI=1S/C26H23ClF3N3O3/c1-35-18-7-9-22-14(10-18)11-23(36-22)25(34)32-17-5-3-16(4-6-17)31-21-13-24(26(28,29)30)33-20-8-2-15(27)12-19(20)21/h2,7-13,16-17H,3-6H2,1H3,(H,31,33)(H,32,34)/t16-,17+. The van der Waals surface area contributed by atoms with Crippen molar-refractivity contribution in [2.75, 3.05) is 12.4 Å². The Morgan fingerprint density at radius 1 is 1.06 bits per heavy atom. The van der Waals surface area contributed by atoms with Crippen molar-refractivity contribution in [3.05, 3.63) is 65.0 Å². The van der Waals surface area contributed by atoms with Gasteiger partial charge in [-0.25, -0.2) is 4.98 Å². The van der Waals surface area contributed by atoms with Crippen LogP contribution in [0, 0.1) is 0 Å². The van der Waals surface area contributed by atoms with E-state index in [2.05, 4.69) is 15.6 Å². The van der Waals surface area contributed by atoms with E-state index in [-0.39, 0.29) is 29.3 Å². The molecule has 1 saturated carbocycles. The lowest BCUT2D eigenvalue weighted by Gasteiger charge is -2.30. The minimum Gasteiger partial charge on any atom is -0.497 e. The normalized spacial score (nSPS) is 18.4. The van der Waals surface area contributed by atoms with Crippen LogP contribution in [0.5, 0.6) is 5.75 Å². The van der Waals surface area contributed by atoms with Crippen molar-refractivity contribution in [2.24, 2.45) is 0 Å². The number of aromatic nitrogens is 1. The second-order valence-electron chi connectivity index (χ2n) is 8.90. The van der Waals surface area contributed by atoms with Crippen LogP contribution >= 0.6 is 11.6 Å². The number of carbonyl (C=O) groups excluding carboxylic acids is 1. The van der Waals surface area contributed by atoms with Crippen LogP contribution in [0.1, 0.15) is 41.9 Å². The van der Waals surface area contributed by atoms with Gasteiger partial charge in [-0.15, -0.1) is 0 Å². The largest absolute Gasteiger partial charge is 0.497 e. The quantitative estimate of drug-likeness (QED) is 0.304. The minimum atomic E-state index is -4.56. The van der Waals surface area contributed by atoms with E-state index in [9.17, 15) is 18.0 Å². The van der Waals surface area contributed by atoms with E-state index in [4.69, 9.17) is 20.8 Å². The van der Waals surface area contributed by atoms with Crippen LogP contribution in [0.4, 0.5) is 18.9 Å².